The van der Waals surface area contributed by atoms with Crippen molar-refractivity contribution in [3.8, 4) is 5.75 Å². The lowest BCUT2D eigenvalue weighted by molar-refractivity contribution is -0.385. The Hall–Kier alpha value is -2.89. The lowest BCUT2D eigenvalue weighted by Crippen LogP contribution is -2.30. The standard InChI is InChI=1S/C19H22N2O4/c1-12(2)15-8-5-6-11-18(15)25-14(4)19(22)20-16-9-7-10-17(13(16)3)21(23)24/h5-12,14H,1-4H3,(H,20,22)/t14-/m0/s1. The second kappa shape index (κ2) is 7.79. The summed E-state index contributed by atoms with van der Waals surface area (Å²) < 4.78 is 5.81. The zero-order chi connectivity index (χ0) is 18.6. The molecule has 2 aromatic carbocycles. The zero-order valence-electron chi connectivity index (χ0n) is 14.8. The summed E-state index contributed by atoms with van der Waals surface area (Å²) >= 11 is 0. The van der Waals surface area contributed by atoms with Gasteiger partial charge in [0.2, 0.25) is 0 Å². The third kappa shape index (κ3) is 4.35. The molecular formula is C19H22N2O4. The van der Waals surface area contributed by atoms with Gasteiger partial charge in [0.25, 0.3) is 11.6 Å². The van der Waals surface area contributed by atoms with Gasteiger partial charge in [-0.25, -0.2) is 0 Å². The van der Waals surface area contributed by atoms with E-state index >= 15 is 0 Å². The van der Waals surface area contributed by atoms with Crippen molar-refractivity contribution in [3.63, 3.8) is 0 Å². The average molecular weight is 342 g/mol. The normalized spacial score (nSPS) is 11.9. The number of amides is 1. The summed E-state index contributed by atoms with van der Waals surface area (Å²) in [6, 6.07) is 12.2. The fourth-order valence-electron chi connectivity index (χ4n) is 2.50. The van der Waals surface area contributed by atoms with Gasteiger partial charge in [0, 0.05) is 6.07 Å². The Balaban J connectivity index is 2.14. The number of rotatable bonds is 6. The summed E-state index contributed by atoms with van der Waals surface area (Å²) in [5.74, 6) is 0.573. The average Bonchev–Trinajstić information content (AvgIpc) is 2.56. The highest BCUT2D eigenvalue weighted by molar-refractivity contribution is 5.95. The number of ether oxygens (including phenoxy) is 1. The van der Waals surface area contributed by atoms with Crippen molar-refractivity contribution in [2.75, 3.05) is 5.32 Å². The van der Waals surface area contributed by atoms with Gasteiger partial charge in [-0.2, -0.15) is 0 Å². The van der Waals surface area contributed by atoms with E-state index in [2.05, 4.69) is 19.2 Å². The van der Waals surface area contributed by atoms with E-state index in [1.165, 1.54) is 6.07 Å². The van der Waals surface area contributed by atoms with Crippen molar-refractivity contribution in [1.82, 2.24) is 0 Å². The molecule has 0 unspecified atom stereocenters. The van der Waals surface area contributed by atoms with E-state index < -0.39 is 11.0 Å². The van der Waals surface area contributed by atoms with Gasteiger partial charge in [-0.15, -0.1) is 0 Å². The van der Waals surface area contributed by atoms with E-state index in [-0.39, 0.29) is 17.5 Å². The van der Waals surface area contributed by atoms with Gasteiger partial charge >= 0.3 is 0 Å². The molecule has 0 fully saturated rings. The highest BCUT2D eigenvalue weighted by Gasteiger charge is 2.20. The molecule has 0 aliphatic carbocycles. The number of benzene rings is 2. The van der Waals surface area contributed by atoms with Crippen molar-refractivity contribution >= 4 is 17.3 Å². The molecule has 1 amide bonds. The lowest BCUT2D eigenvalue weighted by Gasteiger charge is -2.19. The van der Waals surface area contributed by atoms with Gasteiger partial charge in [-0.3, -0.25) is 14.9 Å². The molecule has 0 aromatic heterocycles. The predicted molar refractivity (Wildman–Crippen MR) is 97.1 cm³/mol. The van der Waals surface area contributed by atoms with E-state index in [4.69, 9.17) is 4.74 Å². The Morgan fingerprint density at radius 3 is 2.44 bits per heavy atom. The third-order valence-electron chi connectivity index (χ3n) is 3.97. The van der Waals surface area contributed by atoms with Crippen LogP contribution in [0.1, 0.15) is 37.8 Å². The number of para-hydroxylation sites is 1. The van der Waals surface area contributed by atoms with Gasteiger partial charge in [0.1, 0.15) is 5.75 Å². The van der Waals surface area contributed by atoms with Crippen molar-refractivity contribution in [3.05, 3.63) is 63.7 Å². The van der Waals surface area contributed by atoms with Crippen LogP contribution < -0.4 is 10.1 Å². The van der Waals surface area contributed by atoms with Crippen LogP contribution in [0.3, 0.4) is 0 Å². The Labute approximate surface area is 147 Å². The molecule has 6 heteroatoms. The molecule has 1 atom stereocenters. The molecule has 0 bridgehead atoms. The Kier molecular flexibility index (Phi) is 5.75. The first-order valence-electron chi connectivity index (χ1n) is 8.11. The van der Waals surface area contributed by atoms with Crippen LogP contribution in [0.2, 0.25) is 0 Å². The minimum absolute atomic E-state index is 0.0310. The maximum absolute atomic E-state index is 12.4. The maximum atomic E-state index is 12.4. The van der Waals surface area contributed by atoms with Crippen LogP contribution in [0.15, 0.2) is 42.5 Å². The summed E-state index contributed by atoms with van der Waals surface area (Å²) in [6.07, 6.45) is -0.737. The minimum atomic E-state index is -0.737. The SMILES string of the molecule is Cc1c(NC(=O)[C@H](C)Oc2ccccc2C(C)C)cccc1[N+](=O)[O-]. The number of carbonyl (C=O) groups excluding carboxylic acids is 1. The second-order valence-electron chi connectivity index (χ2n) is 6.15. The summed E-state index contributed by atoms with van der Waals surface area (Å²) in [4.78, 5) is 23.0. The molecule has 0 saturated carbocycles. The third-order valence-corrected chi connectivity index (χ3v) is 3.97. The van der Waals surface area contributed by atoms with Crippen molar-refractivity contribution < 1.29 is 14.5 Å². The molecule has 0 radical (unpaired) electrons. The summed E-state index contributed by atoms with van der Waals surface area (Å²) in [5.41, 5.74) is 1.81. The smallest absolute Gasteiger partial charge is 0.274 e. The number of nitro benzene ring substituents is 1. The van der Waals surface area contributed by atoms with Crippen molar-refractivity contribution in [1.29, 1.82) is 0 Å². The molecule has 6 nitrogen and oxygen atoms in total. The minimum Gasteiger partial charge on any atom is -0.481 e. The maximum Gasteiger partial charge on any atom is 0.274 e. The number of hydrogen-bond donors (Lipinski definition) is 1. The quantitative estimate of drug-likeness (QED) is 0.622. The van der Waals surface area contributed by atoms with Gasteiger partial charge < -0.3 is 10.1 Å². The van der Waals surface area contributed by atoms with E-state index in [9.17, 15) is 14.9 Å². The van der Waals surface area contributed by atoms with Crippen molar-refractivity contribution in [2.45, 2.75) is 39.7 Å². The molecule has 0 spiro atoms. The van der Waals surface area contributed by atoms with Crippen LogP contribution in [0, 0.1) is 17.0 Å². The van der Waals surface area contributed by atoms with E-state index in [0.717, 1.165) is 5.56 Å². The van der Waals surface area contributed by atoms with Gasteiger partial charge in [-0.1, -0.05) is 38.1 Å². The number of anilines is 1. The van der Waals surface area contributed by atoms with Crippen LogP contribution in [0.5, 0.6) is 5.75 Å². The Morgan fingerprint density at radius 1 is 1.12 bits per heavy atom. The molecule has 2 aromatic rings. The molecule has 25 heavy (non-hydrogen) atoms. The molecule has 0 heterocycles. The fourth-order valence-corrected chi connectivity index (χ4v) is 2.50. The molecule has 132 valence electrons. The zero-order valence-corrected chi connectivity index (χ0v) is 14.8. The van der Waals surface area contributed by atoms with Gasteiger partial charge in [-0.05, 0) is 37.5 Å². The molecule has 2 rings (SSSR count). The molecular weight excluding hydrogens is 320 g/mol. The number of nitro groups is 1. The highest BCUT2D eigenvalue weighted by Crippen LogP contribution is 2.28. The molecule has 0 saturated heterocycles. The first-order chi connectivity index (χ1) is 11.8. The lowest BCUT2D eigenvalue weighted by atomic mass is 10.0. The van der Waals surface area contributed by atoms with E-state index in [1.54, 1.807) is 26.0 Å². The van der Waals surface area contributed by atoms with E-state index in [1.807, 2.05) is 24.3 Å². The molecule has 1 N–H and O–H groups in total. The van der Waals surface area contributed by atoms with Crippen molar-refractivity contribution in [2.24, 2.45) is 0 Å². The Morgan fingerprint density at radius 2 is 1.80 bits per heavy atom. The Bertz CT molecular complexity index is 787. The van der Waals surface area contributed by atoms with Gasteiger partial charge in [0.15, 0.2) is 6.10 Å². The number of carbonyl (C=O) groups is 1. The van der Waals surface area contributed by atoms with Crippen LogP contribution in [-0.2, 0) is 4.79 Å². The monoisotopic (exact) mass is 342 g/mol. The fraction of sp³-hybridized carbons (Fsp3) is 0.316. The van der Waals surface area contributed by atoms with Crippen LogP contribution in [0.4, 0.5) is 11.4 Å². The summed E-state index contributed by atoms with van der Waals surface area (Å²) in [7, 11) is 0. The number of nitrogens with zero attached hydrogens (tertiary/aromatic N) is 1. The largest absolute Gasteiger partial charge is 0.481 e. The van der Waals surface area contributed by atoms with Gasteiger partial charge in [0.05, 0.1) is 16.2 Å². The molecule has 0 aliphatic rings. The first-order valence-corrected chi connectivity index (χ1v) is 8.11. The summed E-state index contributed by atoms with van der Waals surface area (Å²) in [5, 5.41) is 13.7. The van der Waals surface area contributed by atoms with Crippen LogP contribution in [-0.4, -0.2) is 16.9 Å². The summed E-state index contributed by atoms with van der Waals surface area (Å²) in [6.45, 7) is 7.37. The number of hydrogen-bond acceptors (Lipinski definition) is 4. The topological polar surface area (TPSA) is 81.5 Å². The highest BCUT2D eigenvalue weighted by atomic mass is 16.6. The second-order valence-corrected chi connectivity index (χ2v) is 6.15. The molecule has 0 aliphatic heterocycles. The first kappa shape index (κ1) is 18.4. The number of nitrogens with one attached hydrogen (secondary N) is 1. The van der Waals surface area contributed by atoms with Crippen LogP contribution in [0.25, 0.3) is 0 Å². The predicted octanol–water partition coefficient (Wildman–Crippen LogP) is 4.43. The van der Waals surface area contributed by atoms with Crippen LogP contribution >= 0.6 is 0 Å². The van der Waals surface area contributed by atoms with E-state index in [0.29, 0.717) is 17.0 Å².